The number of aromatic nitrogens is 1. The number of rotatable bonds is 4. The normalized spacial score (nSPS) is 15.7. The van der Waals surface area contributed by atoms with E-state index in [2.05, 4.69) is 4.57 Å². The summed E-state index contributed by atoms with van der Waals surface area (Å²) in [6.45, 7) is 0.696. The van der Waals surface area contributed by atoms with Gasteiger partial charge in [0.05, 0.1) is 18.7 Å². The maximum absolute atomic E-state index is 11.6. The second kappa shape index (κ2) is 6.54. The van der Waals surface area contributed by atoms with E-state index in [1.54, 1.807) is 7.11 Å². The van der Waals surface area contributed by atoms with E-state index in [0.29, 0.717) is 18.0 Å². The summed E-state index contributed by atoms with van der Waals surface area (Å²) < 4.78 is 7.39. The molecule has 2 heterocycles. The molecule has 1 aliphatic rings. The van der Waals surface area contributed by atoms with Gasteiger partial charge in [0.1, 0.15) is 5.75 Å². The van der Waals surface area contributed by atoms with Gasteiger partial charge >= 0.3 is 5.97 Å². The molecule has 0 bridgehead atoms. The van der Waals surface area contributed by atoms with Gasteiger partial charge in [-0.1, -0.05) is 23.7 Å². The highest BCUT2D eigenvalue weighted by Gasteiger charge is 2.32. The molecule has 1 atom stereocenters. The van der Waals surface area contributed by atoms with Gasteiger partial charge < -0.3 is 14.4 Å². The van der Waals surface area contributed by atoms with Gasteiger partial charge in [-0.05, 0) is 60.0 Å². The molecular formula is C21H18ClNO3. The number of carboxylic acid groups (broad SMARTS) is 1. The fourth-order valence-corrected chi connectivity index (χ4v) is 3.79. The van der Waals surface area contributed by atoms with Gasteiger partial charge in [-0.3, -0.25) is 4.79 Å². The van der Waals surface area contributed by atoms with Gasteiger partial charge in [-0.2, -0.15) is 0 Å². The molecule has 1 aliphatic heterocycles. The Morgan fingerprint density at radius 1 is 1.12 bits per heavy atom. The van der Waals surface area contributed by atoms with Crippen LogP contribution in [0, 0.1) is 0 Å². The maximum Gasteiger partial charge on any atom is 0.312 e. The Hall–Kier alpha value is -2.72. The summed E-state index contributed by atoms with van der Waals surface area (Å²) in [5, 5.41) is 10.2. The topological polar surface area (TPSA) is 51.5 Å². The van der Waals surface area contributed by atoms with Crippen LogP contribution < -0.4 is 4.74 Å². The number of fused-ring (bicyclic) bond motifs is 1. The second-order valence-electron chi connectivity index (χ2n) is 6.40. The molecule has 1 N–H and O–H groups in total. The van der Waals surface area contributed by atoms with E-state index in [9.17, 15) is 9.90 Å². The highest BCUT2D eigenvalue weighted by molar-refractivity contribution is 6.30. The number of hydrogen-bond acceptors (Lipinski definition) is 2. The van der Waals surface area contributed by atoms with E-state index in [1.165, 1.54) is 0 Å². The van der Waals surface area contributed by atoms with Crippen molar-refractivity contribution in [3.8, 4) is 28.1 Å². The van der Waals surface area contributed by atoms with E-state index in [-0.39, 0.29) is 0 Å². The summed E-state index contributed by atoms with van der Waals surface area (Å²) in [6, 6.07) is 17.5. The first-order valence-corrected chi connectivity index (χ1v) is 8.83. The molecule has 0 spiro atoms. The molecule has 5 heteroatoms. The third kappa shape index (κ3) is 2.76. The lowest BCUT2D eigenvalue weighted by molar-refractivity contribution is -0.138. The zero-order valence-corrected chi connectivity index (χ0v) is 15.0. The SMILES string of the molecule is COc1ccc(-c2c(-c3ccc(Cl)cc3)cc3n2CCC3C(=O)O)cc1. The van der Waals surface area contributed by atoms with E-state index in [1.807, 2.05) is 54.6 Å². The molecule has 0 radical (unpaired) electrons. The Labute approximate surface area is 156 Å². The monoisotopic (exact) mass is 367 g/mol. The second-order valence-corrected chi connectivity index (χ2v) is 6.83. The van der Waals surface area contributed by atoms with E-state index in [0.717, 1.165) is 33.8 Å². The number of carbonyl (C=O) groups is 1. The lowest BCUT2D eigenvalue weighted by Crippen LogP contribution is -2.07. The molecule has 26 heavy (non-hydrogen) atoms. The lowest BCUT2D eigenvalue weighted by atomic mass is 9.98. The van der Waals surface area contributed by atoms with Crippen LogP contribution in [0.5, 0.6) is 5.75 Å². The number of halogens is 1. The van der Waals surface area contributed by atoms with Crippen molar-refractivity contribution in [3.05, 3.63) is 65.3 Å². The zero-order valence-electron chi connectivity index (χ0n) is 14.3. The Morgan fingerprint density at radius 3 is 2.38 bits per heavy atom. The summed E-state index contributed by atoms with van der Waals surface area (Å²) in [5.74, 6) is -0.448. The van der Waals surface area contributed by atoms with Gasteiger partial charge in [0.2, 0.25) is 0 Å². The van der Waals surface area contributed by atoms with Crippen molar-refractivity contribution in [1.29, 1.82) is 0 Å². The van der Waals surface area contributed by atoms with Gasteiger partial charge in [0.15, 0.2) is 0 Å². The minimum Gasteiger partial charge on any atom is -0.497 e. The maximum atomic E-state index is 11.6. The van der Waals surface area contributed by atoms with Crippen molar-refractivity contribution in [2.45, 2.75) is 18.9 Å². The number of methoxy groups -OCH3 is 1. The fourth-order valence-electron chi connectivity index (χ4n) is 3.66. The van der Waals surface area contributed by atoms with Crippen molar-refractivity contribution < 1.29 is 14.6 Å². The van der Waals surface area contributed by atoms with Gasteiger partial charge in [-0.25, -0.2) is 0 Å². The molecule has 2 aromatic carbocycles. The minimum atomic E-state index is -0.773. The molecule has 4 rings (SSSR count). The van der Waals surface area contributed by atoms with Crippen molar-refractivity contribution in [3.63, 3.8) is 0 Å². The van der Waals surface area contributed by atoms with Crippen LogP contribution in [0.4, 0.5) is 0 Å². The van der Waals surface area contributed by atoms with Crippen LogP contribution in [0.15, 0.2) is 54.6 Å². The smallest absolute Gasteiger partial charge is 0.312 e. The summed E-state index contributed by atoms with van der Waals surface area (Å²) >= 11 is 6.03. The Morgan fingerprint density at radius 2 is 1.77 bits per heavy atom. The third-order valence-corrected chi connectivity index (χ3v) is 5.20. The predicted octanol–water partition coefficient (Wildman–Crippen LogP) is 5.06. The first-order valence-electron chi connectivity index (χ1n) is 8.45. The summed E-state index contributed by atoms with van der Waals surface area (Å²) in [5.41, 5.74) is 4.97. The highest BCUT2D eigenvalue weighted by Crippen LogP contribution is 2.42. The molecule has 0 amide bonds. The Kier molecular flexibility index (Phi) is 4.21. The van der Waals surface area contributed by atoms with E-state index < -0.39 is 11.9 Å². The van der Waals surface area contributed by atoms with Crippen LogP contribution in [0.2, 0.25) is 5.02 Å². The van der Waals surface area contributed by atoms with Crippen molar-refractivity contribution >= 4 is 17.6 Å². The summed E-state index contributed by atoms with van der Waals surface area (Å²) in [6.07, 6.45) is 0.620. The fraction of sp³-hybridized carbons (Fsp3) is 0.190. The number of benzene rings is 2. The quantitative estimate of drug-likeness (QED) is 0.701. The first kappa shape index (κ1) is 16.7. The lowest BCUT2D eigenvalue weighted by Gasteiger charge is -2.11. The molecular weight excluding hydrogens is 350 g/mol. The van der Waals surface area contributed by atoms with Crippen molar-refractivity contribution in [2.75, 3.05) is 7.11 Å². The molecule has 132 valence electrons. The van der Waals surface area contributed by atoms with E-state index in [4.69, 9.17) is 16.3 Å². The number of hydrogen-bond donors (Lipinski definition) is 1. The molecule has 1 unspecified atom stereocenters. The highest BCUT2D eigenvalue weighted by atomic mass is 35.5. The Balaban J connectivity index is 1.91. The average molecular weight is 368 g/mol. The molecule has 0 saturated carbocycles. The number of ether oxygens (including phenoxy) is 1. The standard InChI is InChI=1S/C21H18ClNO3/c1-26-16-8-4-14(5-9-16)20-18(13-2-6-15(22)7-3-13)12-19-17(21(24)25)10-11-23(19)20/h2-9,12,17H,10-11H2,1H3,(H,24,25). The summed E-state index contributed by atoms with van der Waals surface area (Å²) in [7, 11) is 1.64. The largest absolute Gasteiger partial charge is 0.497 e. The number of carboxylic acids is 1. The zero-order chi connectivity index (χ0) is 18.3. The van der Waals surface area contributed by atoms with Gasteiger partial charge in [0, 0.05) is 22.8 Å². The van der Waals surface area contributed by atoms with Crippen molar-refractivity contribution in [2.24, 2.45) is 0 Å². The van der Waals surface area contributed by atoms with Crippen LogP contribution in [0.1, 0.15) is 18.0 Å². The summed E-state index contributed by atoms with van der Waals surface area (Å²) in [4.78, 5) is 11.6. The molecule has 3 aromatic rings. The van der Waals surface area contributed by atoms with Crippen LogP contribution in [-0.4, -0.2) is 22.8 Å². The predicted molar refractivity (Wildman–Crippen MR) is 102 cm³/mol. The first-order chi connectivity index (χ1) is 12.6. The van der Waals surface area contributed by atoms with Crippen molar-refractivity contribution in [1.82, 2.24) is 4.57 Å². The average Bonchev–Trinajstić information content (AvgIpc) is 3.21. The van der Waals surface area contributed by atoms with Crippen LogP contribution in [0.3, 0.4) is 0 Å². The van der Waals surface area contributed by atoms with Gasteiger partial charge in [-0.15, -0.1) is 0 Å². The Bertz CT molecular complexity index is 958. The van der Waals surface area contributed by atoms with Crippen LogP contribution in [0.25, 0.3) is 22.4 Å². The minimum absolute atomic E-state index is 0.465. The molecule has 0 fully saturated rings. The molecule has 1 aromatic heterocycles. The van der Waals surface area contributed by atoms with Crippen LogP contribution in [-0.2, 0) is 11.3 Å². The molecule has 0 aliphatic carbocycles. The number of aliphatic carboxylic acids is 1. The van der Waals surface area contributed by atoms with E-state index >= 15 is 0 Å². The molecule has 0 saturated heterocycles. The number of nitrogens with zero attached hydrogens (tertiary/aromatic N) is 1. The third-order valence-electron chi connectivity index (χ3n) is 4.94. The van der Waals surface area contributed by atoms with Gasteiger partial charge in [0.25, 0.3) is 0 Å². The van der Waals surface area contributed by atoms with Crippen LogP contribution >= 0.6 is 11.6 Å². The molecule has 4 nitrogen and oxygen atoms in total.